The van der Waals surface area contributed by atoms with Crippen LogP contribution < -0.4 is 5.64 Å². The Labute approximate surface area is 21.8 Å². The lowest BCUT2D eigenvalue weighted by Crippen LogP contribution is -1.97. The minimum absolute atomic E-state index is 0.764. The molecule has 0 unspecified atom stereocenters. The van der Waals surface area contributed by atoms with Crippen LogP contribution in [0.1, 0.15) is 0 Å². The Bertz CT molecular complexity index is 8.00. The van der Waals surface area contributed by atoms with Crippen molar-refractivity contribution >= 4 is 0 Å². The smallest absolute Gasteiger partial charge is 0.0260 e. The fourth-order valence-electron chi connectivity index (χ4n) is 0. The van der Waals surface area contributed by atoms with E-state index >= 15 is 0 Å². The van der Waals surface area contributed by atoms with Gasteiger partial charge in [0.1, 0.15) is 0 Å². The first-order chi connectivity index (χ1) is 1.91. The number of nitrogens with one attached hydrogen (secondary N) is 1. The van der Waals surface area contributed by atoms with Crippen LogP contribution in [0.2, 0.25) is 0 Å². The van der Waals surface area contributed by atoms with Crippen molar-refractivity contribution in [2.75, 3.05) is 0 Å². The van der Waals surface area contributed by atoms with Gasteiger partial charge in [-0.05, 0) is 10.2 Å². The average Bonchev–Trinajstić information content (AvgIpc) is 1.37. The minimum atomic E-state index is 0.764. The summed E-state index contributed by atoms with van der Waals surface area (Å²) in [5, 5.41) is 9.38. The lowest BCUT2D eigenvalue weighted by molar-refractivity contribution is -0.280. The van der Waals surface area contributed by atoms with Gasteiger partial charge in [0, 0.05) is 0 Å². The minimum Gasteiger partial charge on any atom is -0.290 e. The first-order valence-corrected chi connectivity index (χ1v) is 0.582. The molecule has 0 aromatic rings. The van der Waals surface area contributed by atoms with Crippen LogP contribution in [0.4, 0.5) is 4.53 Å². The van der Waals surface area contributed by atoms with Gasteiger partial charge >= 0.3 is 0 Å². The second kappa shape index (κ2) is 2.81. The lowest BCUT2D eigenvalue weighted by Gasteiger charge is -1.71. The molecule has 0 spiro atoms. The van der Waals surface area contributed by atoms with Crippen molar-refractivity contribution in [3.63, 3.8) is 0 Å². The summed E-state index contributed by atoms with van der Waals surface area (Å²) >= 11 is 0. The maximum absolute atomic E-state index is 9.86. The molecule has 2 N–H and O–H groups in total. The molecule has 26 valence electrons. The topological polar surface area (TPSA) is 41.5 Å². The largest absolute Gasteiger partial charge is 0.290 e. The zero-order chi connectivity index (χ0) is 3.41. The zero-order valence-electron chi connectivity index (χ0n) is 1.73. The predicted molar refractivity (Wildman–Crippen MR) is 7.12 cm³/mol. The molecule has 0 saturated heterocycles. The van der Waals surface area contributed by atoms with E-state index in [1.165, 1.54) is 0 Å². The third-order valence-electron chi connectivity index (χ3n) is 0.0345. The summed E-state index contributed by atoms with van der Waals surface area (Å²) in [6.07, 6.45) is 0. The SMILES string of the molecule is ONOF. The summed E-state index contributed by atoms with van der Waals surface area (Å²) in [7, 11) is 0. The molecular formula is H2FNO2. The molecule has 0 amide bonds. The van der Waals surface area contributed by atoms with E-state index < -0.39 is 0 Å². The number of hydrogen-bond acceptors (Lipinski definition) is 3. The van der Waals surface area contributed by atoms with Gasteiger partial charge in [0.25, 0.3) is 0 Å². The second-order valence-electron chi connectivity index (χ2n) is 0.168. The van der Waals surface area contributed by atoms with Crippen LogP contribution in [0, 0.1) is 0 Å². The van der Waals surface area contributed by atoms with Gasteiger partial charge in [-0.3, -0.25) is 5.21 Å². The molecule has 4 heavy (non-hydrogen) atoms. The third-order valence-corrected chi connectivity index (χ3v) is 0.0345. The second-order valence-corrected chi connectivity index (χ2v) is 0.168. The van der Waals surface area contributed by atoms with Gasteiger partial charge in [-0.15, -0.1) is 0 Å². The Morgan fingerprint density at radius 3 is 2.25 bits per heavy atom. The van der Waals surface area contributed by atoms with Gasteiger partial charge in [0.15, 0.2) is 0 Å². The normalized spacial score (nSPS) is 7.50. The van der Waals surface area contributed by atoms with Gasteiger partial charge in [-0.25, -0.2) is 0 Å². The van der Waals surface area contributed by atoms with Gasteiger partial charge < -0.3 is 0 Å². The zero-order valence-corrected chi connectivity index (χ0v) is 1.73. The molecule has 0 radical (unpaired) electrons. The van der Waals surface area contributed by atoms with Gasteiger partial charge in [0.2, 0.25) is 0 Å². The fourth-order valence-corrected chi connectivity index (χ4v) is 0. The lowest BCUT2D eigenvalue weighted by atomic mass is 13.3. The first kappa shape index (κ1) is 3.81. The molecule has 0 fully saturated rings. The van der Waals surface area contributed by atoms with Crippen molar-refractivity contribution in [1.82, 2.24) is 5.64 Å². The van der Waals surface area contributed by atoms with E-state index in [1.54, 1.807) is 0 Å². The number of halogens is 1. The van der Waals surface area contributed by atoms with Crippen LogP contribution in [0.3, 0.4) is 0 Å². The van der Waals surface area contributed by atoms with Crippen LogP contribution in [-0.2, 0) is 5.04 Å². The van der Waals surface area contributed by atoms with E-state index in [4.69, 9.17) is 5.21 Å². The van der Waals surface area contributed by atoms with Crippen LogP contribution in [0.15, 0.2) is 0 Å². The summed E-state index contributed by atoms with van der Waals surface area (Å²) in [5.74, 6) is 0. The first-order valence-electron chi connectivity index (χ1n) is 0.582. The van der Waals surface area contributed by atoms with Gasteiger partial charge in [-0.2, -0.15) is 0 Å². The van der Waals surface area contributed by atoms with Crippen LogP contribution in [0.5, 0.6) is 0 Å². The molecule has 0 bridgehead atoms. The maximum Gasteiger partial charge on any atom is -0.0260 e. The van der Waals surface area contributed by atoms with Crippen LogP contribution in [-0.4, -0.2) is 5.21 Å². The molecule has 0 rings (SSSR count). The molecule has 0 aliphatic carbocycles. The fraction of sp³-hybridized carbons (Fsp3) is 0. The van der Waals surface area contributed by atoms with E-state index in [2.05, 4.69) is 5.04 Å². The molecule has 0 saturated carbocycles. The van der Waals surface area contributed by atoms with Crippen molar-refractivity contribution in [2.24, 2.45) is 0 Å². The van der Waals surface area contributed by atoms with Crippen LogP contribution >= 0.6 is 0 Å². The average molecular weight is 67.0 g/mol. The molecule has 4 heteroatoms. The summed E-state index contributed by atoms with van der Waals surface area (Å²) in [6.45, 7) is 0. The van der Waals surface area contributed by atoms with Crippen molar-refractivity contribution in [2.45, 2.75) is 0 Å². The summed E-state index contributed by atoms with van der Waals surface area (Å²) in [6, 6.07) is 0. The Morgan fingerprint density at radius 1 is 2.00 bits per heavy atom. The molecular weight excluding hydrogens is 65.0 g/mol. The summed E-state index contributed by atoms with van der Waals surface area (Å²) in [5.41, 5.74) is 0.764. The van der Waals surface area contributed by atoms with Crippen molar-refractivity contribution in [3.8, 4) is 0 Å². The Balaban J connectivity index is 1.97. The van der Waals surface area contributed by atoms with E-state index in [-0.39, 0.29) is 0 Å². The molecule has 0 atom stereocenters. The molecule has 0 heterocycles. The van der Waals surface area contributed by atoms with E-state index in [0.717, 1.165) is 5.64 Å². The van der Waals surface area contributed by atoms with Gasteiger partial charge in [0.05, 0.1) is 0 Å². The van der Waals surface area contributed by atoms with E-state index in [1.807, 2.05) is 0 Å². The highest BCUT2D eigenvalue weighted by Gasteiger charge is 1.54. The van der Waals surface area contributed by atoms with E-state index in [9.17, 15) is 4.53 Å². The number of hydrogen-bond donors (Lipinski definition) is 2. The Hall–Kier alpha value is -0.190. The maximum atomic E-state index is 9.86. The molecule has 3 nitrogen and oxygen atoms in total. The highest BCUT2D eigenvalue weighted by Crippen LogP contribution is 1.49. The Kier molecular flexibility index (Phi) is 2.68. The standard InChI is InChI=1S/FH2NO2/c1-4-2-3/h2-3H. The Morgan fingerprint density at radius 2 is 2.25 bits per heavy atom. The monoisotopic (exact) mass is 67.0 g/mol. The van der Waals surface area contributed by atoms with Crippen molar-refractivity contribution in [1.29, 1.82) is 0 Å². The van der Waals surface area contributed by atoms with Gasteiger partial charge in [-0.1, -0.05) is 5.04 Å². The molecule has 0 aromatic carbocycles. The van der Waals surface area contributed by atoms with Crippen molar-refractivity contribution in [3.05, 3.63) is 0 Å². The quantitative estimate of drug-likeness (QED) is 0.416. The molecule has 0 aliphatic rings. The summed E-state index contributed by atoms with van der Waals surface area (Å²) in [4.78, 5) is 0. The van der Waals surface area contributed by atoms with E-state index in [0.29, 0.717) is 0 Å². The number of rotatable bonds is 1. The summed E-state index contributed by atoms with van der Waals surface area (Å²) < 4.78 is 9.86. The van der Waals surface area contributed by atoms with Crippen molar-refractivity contribution < 1.29 is 14.8 Å². The predicted octanol–water partition coefficient (Wildman–Crippen LogP) is -0.219. The molecule has 0 aliphatic heterocycles. The third kappa shape index (κ3) is 1.81. The molecule has 0 aromatic heterocycles. The highest BCUT2D eigenvalue weighted by molar-refractivity contribution is 3.20. The van der Waals surface area contributed by atoms with Crippen LogP contribution in [0.25, 0.3) is 0 Å². The highest BCUT2D eigenvalue weighted by atomic mass is 19.3.